The summed E-state index contributed by atoms with van der Waals surface area (Å²) in [5.74, 6) is 0.893. The highest BCUT2D eigenvalue weighted by Gasteiger charge is 2.24. The lowest BCUT2D eigenvalue weighted by Crippen LogP contribution is -2.47. The molecule has 0 spiro atoms. The summed E-state index contributed by atoms with van der Waals surface area (Å²) in [4.78, 5) is 29.0. The van der Waals surface area contributed by atoms with Crippen molar-refractivity contribution in [3.63, 3.8) is 0 Å². The van der Waals surface area contributed by atoms with Crippen LogP contribution in [-0.2, 0) is 11.2 Å². The lowest BCUT2D eigenvalue weighted by molar-refractivity contribution is -0.131. The van der Waals surface area contributed by atoms with Gasteiger partial charge in [-0.15, -0.1) is 0 Å². The Morgan fingerprint density at radius 3 is 2.23 bits per heavy atom. The summed E-state index contributed by atoms with van der Waals surface area (Å²) < 4.78 is 5.44. The zero-order chi connectivity index (χ0) is 21.5. The molecule has 0 atom stereocenters. The van der Waals surface area contributed by atoms with Gasteiger partial charge in [0.25, 0.3) is 5.91 Å². The van der Waals surface area contributed by atoms with E-state index in [2.05, 4.69) is 5.32 Å². The number of benzene rings is 2. The van der Waals surface area contributed by atoms with Crippen molar-refractivity contribution in [3.05, 3.63) is 59.7 Å². The third kappa shape index (κ3) is 5.75. The van der Waals surface area contributed by atoms with E-state index >= 15 is 0 Å². The molecular weight excluding hydrogens is 378 g/mol. The molecule has 0 aromatic heterocycles. The van der Waals surface area contributed by atoms with Crippen molar-refractivity contribution in [2.75, 3.05) is 38.7 Å². The molecule has 0 radical (unpaired) electrons. The fourth-order valence-electron chi connectivity index (χ4n) is 3.61. The second-order valence-electron chi connectivity index (χ2n) is 7.82. The number of ether oxygens (including phenoxy) is 1. The molecule has 3 rings (SSSR count). The number of carbonyl (C=O) groups is 2. The van der Waals surface area contributed by atoms with Gasteiger partial charge in [0, 0.05) is 44.5 Å². The Kier molecular flexibility index (Phi) is 7.33. The summed E-state index contributed by atoms with van der Waals surface area (Å²) in [5.41, 5.74) is 2.71. The summed E-state index contributed by atoms with van der Waals surface area (Å²) in [6, 6.07) is 15.4. The topological polar surface area (TPSA) is 61.9 Å². The maximum absolute atomic E-state index is 12.6. The first-order valence-corrected chi connectivity index (χ1v) is 10.5. The molecule has 1 fully saturated rings. The number of hydrogen-bond acceptors (Lipinski definition) is 4. The number of anilines is 1. The number of amides is 2. The Balaban J connectivity index is 1.45. The maximum Gasteiger partial charge on any atom is 0.251 e. The molecule has 160 valence electrons. The van der Waals surface area contributed by atoms with E-state index < -0.39 is 0 Å². The first-order valence-electron chi connectivity index (χ1n) is 10.5. The fraction of sp³-hybridized carbons (Fsp3) is 0.417. The van der Waals surface area contributed by atoms with Crippen molar-refractivity contribution in [1.29, 1.82) is 0 Å². The number of hydrogen-bond donors (Lipinski definition) is 1. The predicted octanol–water partition coefficient (Wildman–Crippen LogP) is 3.11. The third-order valence-electron chi connectivity index (χ3n) is 5.42. The lowest BCUT2D eigenvalue weighted by Gasteiger charge is -2.32. The second-order valence-corrected chi connectivity index (χ2v) is 7.82. The maximum atomic E-state index is 12.6. The van der Waals surface area contributed by atoms with Gasteiger partial charge < -0.3 is 19.9 Å². The smallest absolute Gasteiger partial charge is 0.251 e. The van der Waals surface area contributed by atoms with E-state index in [-0.39, 0.29) is 17.9 Å². The molecule has 1 saturated heterocycles. The monoisotopic (exact) mass is 409 g/mol. The Morgan fingerprint density at radius 1 is 1.03 bits per heavy atom. The molecule has 6 nitrogen and oxygen atoms in total. The summed E-state index contributed by atoms with van der Waals surface area (Å²) in [7, 11) is 3.94. The largest absolute Gasteiger partial charge is 0.494 e. The first kappa shape index (κ1) is 21.7. The van der Waals surface area contributed by atoms with Crippen molar-refractivity contribution in [2.24, 2.45) is 0 Å². The van der Waals surface area contributed by atoms with Crippen LogP contribution in [0.15, 0.2) is 48.5 Å². The van der Waals surface area contributed by atoms with Crippen molar-refractivity contribution in [2.45, 2.75) is 32.2 Å². The standard InChI is InChI=1S/C24H31N3O3/c1-4-30-22-11-5-18(6-12-22)17-23(28)27-15-13-20(14-16-27)25-24(29)19-7-9-21(10-8-19)26(2)3/h5-12,20H,4,13-17H2,1-3H3,(H,25,29). The predicted molar refractivity (Wildman–Crippen MR) is 119 cm³/mol. The van der Waals surface area contributed by atoms with E-state index in [1.165, 1.54) is 0 Å². The third-order valence-corrected chi connectivity index (χ3v) is 5.42. The molecule has 30 heavy (non-hydrogen) atoms. The van der Waals surface area contributed by atoms with Crippen molar-refractivity contribution >= 4 is 17.5 Å². The van der Waals surface area contributed by atoms with Crippen molar-refractivity contribution < 1.29 is 14.3 Å². The van der Waals surface area contributed by atoms with Crippen LogP contribution in [0.5, 0.6) is 5.75 Å². The van der Waals surface area contributed by atoms with Gasteiger partial charge in [0.2, 0.25) is 5.91 Å². The highest BCUT2D eigenvalue weighted by Crippen LogP contribution is 2.17. The zero-order valence-corrected chi connectivity index (χ0v) is 18.1. The first-order chi connectivity index (χ1) is 14.5. The van der Waals surface area contributed by atoms with Gasteiger partial charge in [-0.3, -0.25) is 9.59 Å². The van der Waals surface area contributed by atoms with Crippen LogP contribution in [0.1, 0.15) is 35.7 Å². The Morgan fingerprint density at radius 2 is 1.67 bits per heavy atom. The number of nitrogens with one attached hydrogen (secondary N) is 1. The van der Waals surface area contributed by atoms with Gasteiger partial charge in [0.15, 0.2) is 0 Å². The van der Waals surface area contributed by atoms with Crippen LogP contribution < -0.4 is 15.0 Å². The van der Waals surface area contributed by atoms with Crippen molar-refractivity contribution in [1.82, 2.24) is 10.2 Å². The molecule has 2 amide bonds. The lowest BCUT2D eigenvalue weighted by atomic mass is 10.0. The molecule has 6 heteroatoms. The molecule has 0 bridgehead atoms. The van der Waals surface area contributed by atoms with Gasteiger partial charge >= 0.3 is 0 Å². The summed E-state index contributed by atoms with van der Waals surface area (Å²) in [6.07, 6.45) is 1.94. The molecular formula is C24H31N3O3. The van der Waals surface area contributed by atoms with Gasteiger partial charge in [0.1, 0.15) is 5.75 Å². The average molecular weight is 410 g/mol. The molecule has 1 heterocycles. The van der Waals surface area contributed by atoms with Crippen LogP contribution >= 0.6 is 0 Å². The molecule has 0 aliphatic carbocycles. The van der Waals surface area contributed by atoms with E-state index in [1.807, 2.05) is 79.3 Å². The van der Waals surface area contributed by atoms with E-state index in [0.29, 0.717) is 31.7 Å². The molecule has 2 aromatic rings. The number of likely N-dealkylation sites (tertiary alicyclic amines) is 1. The minimum absolute atomic E-state index is 0.0560. The van der Waals surface area contributed by atoms with Crippen molar-refractivity contribution in [3.8, 4) is 5.75 Å². The summed E-state index contributed by atoms with van der Waals surface area (Å²) in [6.45, 7) is 3.91. The van der Waals surface area contributed by atoms with E-state index in [1.54, 1.807) is 0 Å². The molecule has 0 unspecified atom stereocenters. The van der Waals surface area contributed by atoms with Gasteiger partial charge in [-0.1, -0.05) is 12.1 Å². The molecule has 1 aliphatic rings. The van der Waals surface area contributed by atoms with Crippen LogP contribution in [-0.4, -0.2) is 56.5 Å². The second kappa shape index (κ2) is 10.1. The minimum Gasteiger partial charge on any atom is -0.494 e. The highest BCUT2D eigenvalue weighted by atomic mass is 16.5. The van der Waals surface area contributed by atoms with Gasteiger partial charge in [-0.2, -0.15) is 0 Å². The Labute approximate surface area is 178 Å². The quantitative estimate of drug-likeness (QED) is 0.763. The molecule has 1 aliphatic heterocycles. The number of carbonyl (C=O) groups excluding carboxylic acids is 2. The fourth-order valence-corrected chi connectivity index (χ4v) is 3.61. The van der Waals surface area contributed by atoms with Crippen LogP contribution in [0, 0.1) is 0 Å². The SMILES string of the molecule is CCOc1ccc(CC(=O)N2CCC(NC(=O)c3ccc(N(C)C)cc3)CC2)cc1. The summed E-state index contributed by atoms with van der Waals surface area (Å²) >= 11 is 0. The minimum atomic E-state index is -0.0560. The molecule has 0 saturated carbocycles. The molecule has 1 N–H and O–H groups in total. The number of nitrogens with zero attached hydrogens (tertiary/aromatic N) is 2. The van der Waals surface area contributed by atoms with Crippen LogP contribution in [0.4, 0.5) is 5.69 Å². The van der Waals surface area contributed by atoms with Gasteiger partial charge in [0.05, 0.1) is 13.0 Å². The zero-order valence-electron chi connectivity index (χ0n) is 18.1. The number of piperidine rings is 1. The van der Waals surface area contributed by atoms with E-state index in [0.717, 1.165) is 29.8 Å². The van der Waals surface area contributed by atoms with E-state index in [4.69, 9.17) is 4.74 Å². The Bertz CT molecular complexity index is 839. The van der Waals surface area contributed by atoms with Gasteiger partial charge in [-0.05, 0) is 61.7 Å². The normalized spacial score (nSPS) is 14.3. The molecule has 2 aromatic carbocycles. The van der Waals surface area contributed by atoms with Crippen LogP contribution in [0.3, 0.4) is 0 Å². The summed E-state index contributed by atoms with van der Waals surface area (Å²) in [5, 5.41) is 3.11. The van der Waals surface area contributed by atoms with E-state index in [9.17, 15) is 9.59 Å². The number of rotatable bonds is 7. The Hall–Kier alpha value is -3.02. The average Bonchev–Trinajstić information content (AvgIpc) is 2.76. The highest BCUT2D eigenvalue weighted by molar-refractivity contribution is 5.94. The van der Waals surface area contributed by atoms with Crippen LogP contribution in [0.2, 0.25) is 0 Å². The van der Waals surface area contributed by atoms with Gasteiger partial charge in [-0.25, -0.2) is 0 Å². The van der Waals surface area contributed by atoms with Crippen LogP contribution in [0.25, 0.3) is 0 Å².